The highest BCUT2D eigenvalue weighted by atomic mass is 19.2. The van der Waals surface area contributed by atoms with Crippen molar-refractivity contribution >= 4 is 0 Å². The van der Waals surface area contributed by atoms with Gasteiger partial charge in [-0.25, -0.2) is 8.78 Å². The van der Waals surface area contributed by atoms with Crippen LogP contribution in [0.2, 0.25) is 0 Å². The third-order valence-electron chi connectivity index (χ3n) is 3.41. The highest BCUT2D eigenvalue weighted by Gasteiger charge is 2.23. The average molecular weight is 255 g/mol. The molecule has 0 fully saturated rings. The summed E-state index contributed by atoms with van der Waals surface area (Å²) in [4.78, 5) is 0. The molecule has 1 unspecified atom stereocenters. The fourth-order valence-electron chi connectivity index (χ4n) is 1.91. The Bertz CT molecular complexity index is 390. The Kier molecular flexibility index (Phi) is 5.27. The molecule has 1 rings (SSSR count). The van der Waals surface area contributed by atoms with E-state index >= 15 is 0 Å². The minimum atomic E-state index is -0.780. The highest BCUT2D eigenvalue weighted by molar-refractivity contribution is 5.19. The SMILES string of the molecule is CCC(C)(CNC(C)C)Cc1ccc(F)c(F)c1. The van der Waals surface area contributed by atoms with Crippen molar-refractivity contribution in [1.29, 1.82) is 0 Å². The number of hydrogen-bond donors (Lipinski definition) is 1. The van der Waals surface area contributed by atoms with Crippen molar-refractivity contribution in [2.24, 2.45) is 5.41 Å². The molecule has 0 aliphatic rings. The molecule has 0 amide bonds. The largest absolute Gasteiger partial charge is 0.314 e. The molecule has 0 saturated carbocycles. The molecule has 1 nitrogen and oxygen atoms in total. The first-order valence-electron chi connectivity index (χ1n) is 6.53. The molecule has 0 aliphatic carbocycles. The van der Waals surface area contributed by atoms with Crippen LogP contribution >= 0.6 is 0 Å². The topological polar surface area (TPSA) is 12.0 Å². The van der Waals surface area contributed by atoms with Gasteiger partial charge in [0, 0.05) is 12.6 Å². The zero-order valence-corrected chi connectivity index (χ0v) is 11.7. The van der Waals surface area contributed by atoms with E-state index < -0.39 is 11.6 Å². The lowest BCUT2D eigenvalue weighted by atomic mass is 9.81. The Hall–Kier alpha value is -0.960. The van der Waals surface area contributed by atoms with Gasteiger partial charge in [-0.1, -0.05) is 33.8 Å². The van der Waals surface area contributed by atoms with Crippen molar-refractivity contribution < 1.29 is 8.78 Å². The maximum atomic E-state index is 13.2. The van der Waals surface area contributed by atoms with E-state index in [0.717, 1.165) is 24.9 Å². The van der Waals surface area contributed by atoms with Gasteiger partial charge in [0.05, 0.1) is 0 Å². The van der Waals surface area contributed by atoms with Crippen molar-refractivity contribution in [3.05, 3.63) is 35.4 Å². The average Bonchev–Trinajstić information content (AvgIpc) is 2.31. The number of halogens is 2. The molecule has 102 valence electrons. The van der Waals surface area contributed by atoms with Crippen molar-refractivity contribution in [1.82, 2.24) is 5.32 Å². The van der Waals surface area contributed by atoms with Crippen molar-refractivity contribution in [3.8, 4) is 0 Å². The fourth-order valence-corrected chi connectivity index (χ4v) is 1.91. The minimum Gasteiger partial charge on any atom is -0.314 e. The van der Waals surface area contributed by atoms with Gasteiger partial charge in [0.15, 0.2) is 11.6 Å². The second kappa shape index (κ2) is 6.28. The van der Waals surface area contributed by atoms with Crippen LogP contribution in [-0.2, 0) is 6.42 Å². The summed E-state index contributed by atoms with van der Waals surface area (Å²) in [5.74, 6) is -1.54. The maximum Gasteiger partial charge on any atom is 0.159 e. The molecule has 18 heavy (non-hydrogen) atoms. The van der Waals surface area contributed by atoms with Gasteiger partial charge < -0.3 is 5.32 Å². The molecule has 1 aromatic carbocycles. The molecule has 3 heteroatoms. The van der Waals surface area contributed by atoms with E-state index in [9.17, 15) is 8.78 Å². The first-order chi connectivity index (χ1) is 8.36. The minimum absolute atomic E-state index is 0.0640. The molecule has 1 N–H and O–H groups in total. The van der Waals surface area contributed by atoms with E-state index in [1.54, 1.807) is 6.07 Å². The molecule has 1 aromatic rings. The van der Waals surface area contributed by atoms with Crippen LogP contribution < -0.4 is 5.32 Å². The standard InChI is InChI=1S/C15H23F2N/c1-5-15(4,10-18-11(2)3)9-12-6-7-13(16)14(17)8-12/h6-8,11,18H,5,9-10H2,1-4H3. The quantitative estimate of drug-likeness (QED) is 0.812. The fraction of sp³-hybridized carbons (Fsp3) is 0.600. The summed E-state index contributed by atoms with van der Waals surface area (Å²) in [6, 6.07) is 4.61. The Morgan fingerprint density at radius 1 is 1.22 bits per heavy atom. The lowest BCUT2D eigenvalue weighted by Crippen LogP contribution is -2.36. The Morgan fingerprint density at radius 3 is 2.39 bits per heavy atom. The van der Waals surface area contributed by atoms with Gasteiger partial charge >= 0.3 is 0 Å². The molecule has 1 atom stereocenters. The van der Waals surface area contributed by atoms with Crippen LogP contribution in [0.4, 0.5) is 8.78 Å². The van der Waals surface area contributed by atoms with E-state index in [-0.39, 0.29) is 5.41 Å². The van der Waals surface area contributed by atoms with Crippen LogP contribution in [0.25, 0.3) is 0 Å². The summed E-state index contributed by atoms with van der Waals surface area (Å²) in [6.07, 6.45) is 1.74. The van der Waals surface area contributed by atoms with Crippen molar-refractivity contribution in [3.63, 3.8) is 0 Å². The number of benzene rings is 1. The zero-order chi connectivity index (χ0) is 13.8. The van der Waals surface area contributed by atoms with Gasteiger partial charge in [0.2, 0.25) is 0 Å². The second-order valence-corrected chi connectivity index (χ2v) is 5.63. The van der Waals surface area contributed by atoms with E-state index in [0.29, 0.717) is 6.04 Å². The third kappa shape index (κ3) is 4.37. The zero-order valence-electron chi connectivity index (χ0n) is 11.7. The van der Waals surface area contributed by atoms with E-state index in [1.807, 2.05) is 0 Å². The van der Waals surface area contributed by atoms with Crippen molar-refractivity contribution in [2.45, 2.75) is 46.6 Å². The van der Waals surface area contributed by atoms with Gasteiger partial charge in [0.25, 0.3) is 0 Å². The third-order valence-corrected chi connectivity index (χ3v) is 3.41. The molecule has 0 aliphatic heterocycles. The molecule has 0 saturated heterocycles. The maximum absolute atomic E-state index is 13.2. The molecule has 0 radical (unpaired) electrons. The highest BCUT2D eigenvalue weighted by Crippen LogP contribution is 2.26. The number of hydrogen-bond acceptors (Lipinski definition) is 1. The molecular formula is C15H23F2N. The van der Waals surface area contributed by atoms with E-state index in [4.69, 9.17) is 0 Å². The van der Waals surface area contributed by atoms with Gasteiger partial charge in [-0.3, -0.25) is 0 Å². The van der Waals surface area contributed by atoms with Crippen LogP contribution in [0.3, 0.4) is 0 Å². The summed E-state index contributed by atoms with van der Waals surface area (Å²) < 4.78 is 26.1. The second-order valence-electron chi connectivity index (χ2n) is 5.63. The Balaban J connectivity index is 2.74. The molecular weight excluding hydrogens is 232 g/mol. The van der Waals surface area contributed by atoms with Gasteiger partial charge in [-0.05, 0) is 36.0 Å². The van der Waals surface area contributed by atoms with Gasteiger partial charge in [-0.15, -0.1) is 0 Å². The first-order valence-corrected chi connectivity index (χ1v) is 6.53. The van der Waals surface area contributed by atoms with Crippen LogP contribution in [0.5, 0.6) is 0 Å². The molecule has 0 spiro atoms. The lowest BCUT2D eigenvalue weighted by molar-refractivity contribution is 0.280. The molecule has 0 heterocycles. The predicted molar refractivity (Wildman–Crippen MR) is 71.6 cm³/mol. The molecule has 0 aromatic heterocycles. The summed E-state index contributed by atoms with van der Waals surface area (Å²) in [5.41, 5.74) is 0.915. The summed E-state index contributed by atoms with van der Waals surface area (Å²) in [5, 5.41) is 3.42. The normalized spacial score (nSPS) is 14.8. The van der Waals surface area contributed by atoms with Crippen LogP contribution in [-0.4, -0.2) is 12.6 Å². The Morgan fingerprint density at radius 2 is 1.89 bits per heavy atom. The number of rotatable bonds is 6. The van der Waals surface area contributed by atoms with Crippen molar-refractivity contribution in [2.75, 3.05) is 6.54 Å². The van der Waals surface area contributed by atoms with E-state index in [2.05, 4.69) is 33.0 Å². The van der Waals surface area contributed by atoms with E-state index in [1.165, 1.54) is 12.1 Å². The monoisotopic (exact) mass is 255 g/mol. The summed E-state index contributed by atoms with van der Waals surface area (Å²) >= 11 is 0. The van der Waals surface area contributed by atoms with Gasteiger partial charge in [0.1, 0.15) is 0 Å². The Labute approximate surface area is 109 Å². The smallest absolute Gasteiger partial charge is 0.159 e. The van der Waals surface area contributed by atoms with Gasteiger partial charge in [-0.2, -0.15) is 0 Å². The molecule has 0 bridgehead atoms. The number of nitrogens with one attached hydrogen (secondary N) is 1. The lowest BCUT2D eigenvalue weighted by Gasteiger charge is -2.30. The van der Waals surface area contributed by atoms with Crippen LogP contribution in [0.1, 0.15) is 39.7 Å². The summed E-state index contributed by atoms with van der Waals surface area (Å²) in [6.45, 7) is 9.38. The summed E-state index contributed by atoms with van der Waals surface area (Å²) in [7, 11) is 0. The van der Waals surface area contributed by atoms with Crippen LogP contribution in [0, 0.1) is 17.0 Å². The predicted octanol–water partition coefficient (Wildman–Crippen LogP) is 3.92. The first kappa shape index (κ1) is 15.1. The van der Waals surface area contributed by atoms with Crippen LogP contribution in [0.15, 0.2) is 18.2 Å².